The van der Waals surface area contributed by atoms with Crippen LogP contribution in [0.15, 0.2) is 53.9 Å². The number of anilines is 1. The van der Waals surface area contributed by atoms with E-state index in [-0.39, 0.29) is 11.8 Å². The van der Waals surface area contributed by atoms with Crippen LogP contribution in [-0.2, 0) is 4.79 Å². The molecule has 1 aromatic heterocycles. The molecular formula is C25H26N2O5S. The van der Waals surface area contributed by atoms with Gasteiger partial charge in [-0.05, 0) is 60.3 Å². The van der Waals surface area contributed by atoms with Crippen molar-refractivity contribution >= 4 is 28.8 Å². The second-order valence-electron chi connectivity index (χ2n) is 7.60. The van der Waals surface area contributed by atoms with Crippen LogP contribution in [0.2, 0.25) is 0 Å². The van der Waals surface area contributed by atoms with Crippen molar-refractivity contribution in [3.8, 4) is 17.2 Å². The Hall–Kier alpha value is -3.52. The molecule has 1 aliphatic rings. The minimum Gasteiger partial charge on any atom is -0.494 e. The normalized spacial score (nSPS) is 17.3. The number of carbonyl (C=O) groups excluding carboxylic acids is 2. The van der Waals surface area contributed by atoms with Crippen LogP contribution in [0.25, 0.3) is 0 Å². The molecule has 2 heterocycles. The van der Waals surface area contributed by atoms with Crippen molar-refractivity contribution in [1.82, 2.24) is 4.90 Å². The van der Waals surface area contributed by atoms with Crippen LogP contribution in [0.4, 0.5) is 5.69 Å². The molecule has 2 atom stereocenters. The predicted octanol–water partition coefficient (Wildman–Crippen LogP) is 4.71. The quantitative estimate of drug-likeness (QED) is 0.546. The van der Waals surface area contributed by atoms with Gasteiger partial charge in [0, 0.05) is 23.2 Å². The Morgan fingerprint density at radius 2 is 1.79 bits per heavy atom. The van der Waals surface area contributed by atoms with E-state index >= 15 is 0 Å². The Kier molecular flexibility index (Phi) is 6.55. The molecule has 2 aromatic carbocycles. The molecule has 7 nitrogen and oxygen atoms in total. The summed E-state index contributed by atoms with van der Waals surface area (Å²) in [7, 11) is 4.78. The van der Waals surface area contributed by atoms with E-state index < -0.39 is 12.0 Å². The van der Waals surface area contributed by atoms with Crippen LogP contribution < -0.4 is 19.5 Å². The van der Waals surface area contributed by atoms with Crippen molar-refractivity contribution in [2.24, 2.45) is 0 Å². The molecular weight excluding hydrogens is 440 g/mol. The summed E-state index contributed by atoms with van der Waals surface area (Å²) in [5.41, 5.74) is 1.68. The Bertz CT molecular complexity index is 1140. The van der Waals surface area contributed by atoms with Crippen LogP contribution >= 0.6 is 11.3 Å². The molecule has 4 rings (SSSR count). The van der Waals surface area contributed by atoms with E-state index in [0.717, 1.165) is 10.6 Å². The number of likely N-dealkylation sites (N-methyl/N-ethyl adjacent to an activating group) is 1. The summed E-state index contributed by atoms with van der Waals surface area (Å²) in [4.78, 5) is 29.6. The number of thiophene rings is 1. The zero-order valence-electron chi connectivity index (χ0n) is 19.0. The zero-order chi connectivity index (χ0) is 23.5. The SMILES string of the molecule is CCOc1ccc(NC(=O)[C@@H]2c3cc(OC)c(OC)cc3C(=O)N(C)[C@H]2c2cccs2)cc1. The van der Waals surface area contributed by atoms with E-state index in [4.69, 9.17) is 14.2 Å². The van der Waals surface area contributed by atoms with Gasteiger partial charge in [0.05, 0.1) is 32.8 Å². The fourth-order valence-corrected chi connectivity index (χ4v) is 5.07. The number of benzene rings is 2. The van der Waals surface area contributed by atoms with Crippen LogP contribution in [0.1, 0.15) is 39.7 Å². The second-order valence-corrected chi connectivity index (χ2v) is 8.57. The van der Waals surface area contributed by atoms with Gasteiger partial charge in [0.2, 0.25) is 5.91 Å². The van der Waals surface area contributed by atoms with Gasteiger partial charge in [-0.3, -0.25) is 9.59 Å². The number of fused-ring (bicyclic) bond motifs is 1. The van der Waals surface area contributed by atoms with Gasteiger partial charge < -0.3 is 24.4 Å². The lowest BCUT2D eigenvalue weighted by molar-refractivity contribution is -0.119. The number of amides is 2. The van der Waals surface area contributed by atoms with Crippen LogP contribution in [0, 0.1) is 0 Å². The van der Waals surface area contributed by atoms with Gasteiger partial charge in [-0.2, -0.15) is 0 Å². The molecule has 0 saturated carbocycles. The summed E-state index contributed by atoms with van der Waals surface area (Å²) >= 11 is 1.52. The van der Waals surface area contributed by atoms with E-state index in [1.807, 2.05) is 36.6 Å². The highest BCUT2D eigenvalue weighted by Crippen LogP contribution is 2.46. The van der Waals surface area contributed by atoms with E-state index in [2.05, 4.69) is 5.32 Å². The van der Waals surface area contributed by atoms with Crippen molar-refractivity contribution in [3.63, 3.8) is 0 Å². The summed E-state index contributed by atoms with van der Waals surface area (Å²) in [6.07, 6.45) is 0. The molecule has 0 spiro atoms. The monoisotopic (exact) mass is 466 g/mol. The maximum Gasteiger partial charge on any atom is 0.254 e. The Balaban J connectivity index is 1.78. The van der Waals surface area contributed by atoms with Crippen molar-refractivity contribution < 1.29 is 23.8 Å². The fraction of sp³-hybridized carbons (Fsp3) is 0.280. The first-order valence-corrected chi connectivity index (χ1v) is 11.5. The Morgan fingerprint density at radius 3 is 2.39 bits per heavy atom. The Labute approximate surface area is 196 Å². The number of methoxy groups -OCH3 is 2. The van der Waals surface area contributed by atoms with Gasteiger partial charge in [0.25, 0.3) is 5.91 Å². The minimum atomic E-state index is -0.646. The summed E-state index contributed by atoms with van der Waals surface area (Å²) in [6.45, 7) is 2.49. The zero-order valence-corrected chi connectivity index (χ0v) is 19.8. The molecule has 0 bridgehead atoms. The molecule has 2 amide bonds. The lowest BCUT2D eigenvalue weighted by Crippen LogP contribution is -2.43. The van der Waals surface area contributed by atoms with E-state index in [1.165, 1.54) is 25.6 Å². The van der Waals surface area contributed by atoms with Crippen molar-refractivity contribution in [1.29, 1.82) is 0 Å². The lowest BCUT2D eigenvalue weighted by Gasteiger charge is -2.39. The minimum absolute atomic E-state index is 0.172. The molecule has 0 saturated heterocycles. The van der Waals surface area contributed by atoms with Gasteiger partial charge in [0.15, 0.2) is 11.5 Å². The molecule has 0 aliphatic carbocycles. The van der Waals surface area contributed by atoms with E-state index in [0.29, 0.717) is 34.9 Å². The predicted molar refractivity (Wildman–Crippen MR) is 128 cm³/mol. The van der Waals surface area contributed by atoms with Gasteiger partial charge in [-0.15, -0.1) is 11.3 Å². The summed E-state index contributed by atoms with van der Waals surface area (Å²) in [5.74, 6) is 0.611. The van der Waals surface area contributed by atoms with Gasteiger partial charge in [-0.1, -0.05) is 6.07 Å². The lowest BCUT2D eigenvalue weighted by atomic mass is 9.81. The maximum absolute atomic E-state index is 13.7. The first-order valence-electron chi connectivity index (χ1n) is 10.6. The summed E-state index contributed by atoms with van der Waals surface area (Å²) < 4.78 is 16.4. The van der Waals surface area contributed by atoms with Crippen LogP contribution in [-0.4, -0.2) is 44.6 Å². The highest BCUT2D eigenvalue weighted by Gasteiger charge is 2.44. The topological polar surface area (TPSA) is 77.1 Å². The van der Waals surface area contributed by atoms with E-state index in [1.54, 1.807) is 36.2 Å². The maximum atomic E-state index is 13.7. The third-order valence-corrected chi connectivity index (χ3v) is 6.67. The third kappa shape index (κ3) is 4.26. The van der Waals surface area contributed by atoms with Crippen molar-refractivity contribution in [2.75, 3.05) is 33.2 Å². The average Bonchev–Trinajstić information content (AvgIpc) is 3.36. The number of rotatable bonds is 7. The molecule has 3 aromatic rings. The largest absolute Gasteiger partial charge is 0.494 e. The highest BCUT2D eigenvalue weighted by atomic mass is 32.1. The number of nitrogens with one attached hydrogen (secondary N) is 1. The standard InChI is InChI=1S/C25H26N2O5S/c1-5-32-16-10-8-15(9-11-16)26-24(28)22-17-13-19(30-3)20(31-4)14-18(17)25(29)27(2)23(22)21-7-6-12-33-21/h6-14,22-23H,5H2,1-4H3,(H,26,28)/t22-,23+/m1/s1. The van der Waals surface area contributed by atoms with Gasteiger partial charge in [0.1, 0.15) is 5.75 Å². The number of hydrogen-bond acceptors (Lipinski definition) is 6. The number of nitrogens with zero attached hydrogens (tertiary/aromatic N) is 1. The Morgan fingerprint density at radius 1 is 1.09 bits per heavy atom. The molecule has 0 fully saturated rings. The number of ether oxygens (including phenoxy) is 3. The number of carbonyl (C=O) groups is 2. The fourth-order valence-electron chi connectivity index (χ4n) is 4.17. The first kappa shape index (κ1) is 22.7. The molecule has 1 aliphatic heterocycles. The van der Waals surface area contributed by atoms with Crippen molar-refractivity contribution in [3.05, 3.63) is 69.9 Å². The molecule has 172 valence electrons. The number of hydrogen-bond donors (Lipinski definition) is 1. The third-order valence-electron chi connectivity index (χ3n) is 5.72. The van der Waals surface area contributed by atoms with Crippen LogP contribution in [0.5, 0.6) is 17.2 Å². The van der Waals surface area contributed by atoms with Gasteiger partial charge in [-0.25, -0.2) is 0 Å². The molecule has 33 heavy (non-hydrogen) atoms. The van der Waals surface area contributed by atoms with Gasteiger partial charge >= 0.3 is 0 Å². The highest BCUT2D eigenvalue weighted by molar-refractivity contribution is 7.10. The van der Waals surface area contributed by atoms with E-state index in [9.17, 15) is 9.59 Å². The van der Waals surface area contributed by atoms with Crippen LogP contribution in [0.3, 0.4) is 0 Å². The average molecular weight is 467 g/mol. The second kappa shape index (κ2) is 9.54. The molecule has 0 unspecified atom stereocenters. The first-order chi connectivity index (χ1) is 16.0. The summed E-state index contributed by atoms with van der Waals surface area (Å²) in [5, 5.41) is 4.96. The summed E-state index contributed by atoms with van der Waals surface area (Å²) in [6, 6.07) is 14.0. The molecule has 1 N–H and O–H groups in total. The van der Waals surface area contributed by atoms with Crippen molar-refractivity contribution in [2.45, 2.75) is 18.9 Å². The molecule has 8 heteroatoms. The smallest absolute Gasteiger partial charge is 0.254 e. The molecule has 0 radical (unpaired) electrons.